The maximum Gasteiger partial charge on any atom is 0.380 e. The topological polar surface area (TPSA) is 43.4 Å². The minimum absolute atomic E-state index is 0.343. The molecule has 2 aromatic carbocycles. The van der Waals surface area contributed by atoms with E-state index in [1.807, 2.05) is 12.1 Å². The number of benzene rings is 2. The number of carbonyl (C=O) groups is 2. The molecule has 126 valence electrons. The van der Waals surface area contributed by atoms with Gasteiger partial charge in [-0.25, -0.2) is 4.79 Å². The van der Waals surface area contributed by atoms with Crippen molar-refractivity contribution in [1.82, 2.24) is 0 Å². The molecule has 0 saturated heterocycles. The molecule has 0 spiro atoms. The summed E-state index contributed by atoms with van der Waals surface area (Å²) in [6.45, 7) is 7.38. The third-order valence-corrected chi connectivity index (χ3v) is 3.56. The Kier molecular flexibility index (Phi) is 5.55. The first kappa shape index (κ1) is 17.9. The molecule has 0 N–H and O–H groups in total. The summed E-state index contributed by atoms with van der Waals surface area (Å²) in [5.41, 5.74) is 3.09. The third-order valence-electron chi connectivity index (χ3n) is 3.56. The molecule has 3 nitrogen and oxygen atoms in total. The fourth-order valence-electron chi connectivity index (χ4n) is 2.41. The van der Waals surface area contributed by atoms with Crippen molar-refractivity contribution in [3.05, 3.63) is 59.7 Å². The monoisotopic (exact) mass is 324 g/mol. The summed E-state index contributed by atoms with van der Waals surface area (Å²) < 4.78 is 5.12. The van der Waals surface area contributed by atoms with E-state index in [0.29, 0.717) is 5.56 Å². The first-order valence-electron chi connectivity index (χ1n) is 8.27. The van der Waals surface area contributed by atoms with Crippen LogP contribution in [0.3, 0.4) is 0 Å². The lowest BCUT2D eigenvalue weighted by Crippen LogP contribution is -2.28. The zero-order valence-corrected chi connectivity index (χ0v) is 14.8. The Morgan fingerprint density at radius 1 is 0.875 bits per heavy atom. The molecule has 24 heavy (non-hydrogen) atoms. The number of ketones is 1. The fourth-order valence-corrected chi connectivity index (χ4v) is 2.41. The molecular weight excluding hydrogens is 300 g/mol. The molecule has 0 amide bonds. The molecule has 0 fully saturated rings. The minimum Gasteiger partial charge on any atom is -0.454 e. The van der Waals surface area contributed by atoms with E-state index >= 15 is 0 Å². The van der Waals surface area contributed by atoms with Gasteiger partial charge >= 0.3 is 5.97 Å². The summed E-state index contributed by atoms with van der Waals surface area (Å²) in [7, 11) is 0. The predicted molar refractivity (Wildman–Crippen MR) is 96.0 cm³/mol. The van der Waals surface area contributed by atoms with Crippen molar-refractivity contribution < 1.29 is 14.3 Å². The molecule has 0 radical (unpaired) electrons. The SMILES string of the molecule is CCCc1ccc(-c2ccc(C(=O)C(=O)OC(C)(C)C)cc2)cc1. The quantitative estimate of drug-likeness (QED) is 0.449. The smallest absolute Gasteiger partial charge is 0.380 e. The van der Waals surface area contributed by atoms with Gasteiger partial charge in [0.2, 0.25) is 0 Å². The van der Waals surface area contributed by atoms with Gasteiger partial charge in [-0.05, 0) is 43.9 Å². The average Bonchev–Trinajstić information content (AvgIpc) is 2.54. The summed E-state index contributed by atoms with van der Waals surface area (Å²) in [6, 6.07) is 15.4. The highest BCUT2D eigenvalue weighted by Crippen LogP contribution is 2.21. The molecule has 2 aromatic rings. The van der Waals surface area contributed by atoms with E-state index in [1.165, 1.54) is 5.56 Å². The van der Waals surface area contributed by atoms with E-state index in [1.54, 1.807) is 32.9 Å². The summed E-state index contributed by atoms with van der Waals surface area (Å²) in [4.78, 5) is 24.0. The Morgan fingerprint density at radius 3 is 1.83 bits per heavy atom. The lowest BCUT2D eigenvalue weighted by atomic mass is 10.0. The van der Waals surface area contributed by atoms with Crippen LogP contribution < -0.4 is 0 Å². The molecule has 0 aliphatic heterocycles. The number of esters is 1. The normalized spacial score (nSPS) is 11.2. The summed E-state index contributed by atoms with van der Waals surface area (Å²) in [6.07, 6.45) is 2.20. The standard InChI is InChI=1S/C21H24O3/c1-5-6-15-7-9-16(10-8-15)17-11-13-18(14-12-17)19(22)20(23)24-21(2,3)4/h7-14H,5-6H2,1-4H3. The van der Waals surface area contributed by atoms with Gasteiger partial charge in [-0.1, -0.05) is 61.9 Å². The van der Waals surface area contributed by atoms with Crippen LogP contribution in [0.25, 0.3) is 11.1 Å². The van der Waals surface area contributed by atoms with E-state index < -0.39 is 17.4 Å². The Balaban J connectivity index is 2.12. The van der Waals surface area contributed by atoms with E-state index in [2.05, 4.69) is 31.2 Å². The highest BCUT2D eigenvalue weighted by molar-refractivity contribution is 6.40. The number of aryl methyl sites for hydroxylation is 1. The van der Waals surface area contributed by atoms with Crippen molar-refractivity contribution in [3.63, 3.8) is 0 Å². The zero-order chi connectivity index (χ0) is 17.7. The molecule has 0 aliphatic rings. The predicted octanol–water partition coefficient (Wildman–Crippen LogP) is 4.83. The second-order valence-electron chi connectivity index (χ2n) is 6.86. The Labute approximate surface area is 143 Å². The van der Waals surface area contributed by atoms with Crippen molar-refractivity contribution in [1.29, 1.82) is 0 Å². The first-order valence-corrected chi connectivity index (χ1v) is 8.27. The zero-order valence-electron chi connectivity index (χ0n) is 14.8. The van der Waals surface area contributed by atoms with Crippen LogP contribution in [0.2, 0.25) is 0 Å². The van der Waals surface area contributed by atoms with Crippen LogP contribution in [0, 0.1) is 0 Å². The van der Waals surface area contributed by atoms with E-state index in [4.69, 9.17) is 4.74 Å². The Bertz CT molecular complexity index is 704. The van der Waals surface area contributed by atoms with Crippen molar-refractivity contribution in [3.8, 4) is 11.1 Å². The van der Waals surface area contributed by atoms with Gasteiger partial charge < -0.3 is 4.74 Å². The van der Waals surface area contributed by atoms with Crippen LogP contribution in [0.4, 0.5) is 0 Å². The van der Waals surface area contributed by atoms with Crippen LogP contribution in [-0.2, 0) is 16.0 Å². The van der Waals surface area contributed by atoms with Crippen LogP contribution >= 0.6 is 0 Å². The molecule has 0 unspecified atom stereocenters. The number of carbonyl (C=O) groups excluding carboxylic acids is 2. The number of hydrogen-bond acceptors (Lipinski definition) is 3. The van der Waals surface area contributed by atoms with Crippen LogP contribution in [0.5, 0.6) is 0 Å². The lowest BCUT2D eigenvalue weighted by Gasteiger charge is -2.18. The van der Waals surface area contributed by atoms with E-state index in [9.17, 15) is 9.59 Å². The second kappa shape index (κ2) is 7.43. The summed E-state index contributed by atoms with van der Waals surface area (Å²) in [5.74, 6) is -1.44. The summed E-state index contributed by atoms with van der Waals surface area (Å²) >= 11 is 0. The van der Waals surface area contributed by atoms with Gasteiger partial charge in [-0.2, -0.15) is 0 Å². The van der Waals surface area contributed by atoms with Gasteiger partial charge in [-0.15, -0.1) is 0 Å². The lowest BCUT2D eigenvalue weighted by molar-refractivity contribution is -0.148. The van der Waals surface area contributed by atoms with Crippen molar-refractivity contribution >= 4 is 11.8 Å². The van der Waals surface area contributed by atoms with Crippen molar-refractivity contribution in [2.75, 3.05) is 0 Å². The maximum atomic E-state index is 12.1. The Hall–Kier alpha value is -2.42. The molecule has 3 heteroatoms. The first-order chi connectivity index (χ1) is 11.3. The molecule has 0 aliphatic carbocycles. The largest absolute Gasteiger partial charge is 0.454 e. The number of rotatable bonds is 5. The molecule has 0 atom stereocenters. The Morgan fingerprint density at radius 2 is 1.38 bits per heavy atom. The highest BCUT2D eigenvalue weighted by Gasteiger charge is 2.23. The second-order valence-corrected chi connectivity index (χ2v) is 6.86. The van der Waals surface area contributed by atoms with E-state index in [-0.39, 0.29) is 0 Å². The minimum atomic E-state index is -0.820. The van der Waals surface area contributed by atoms with Crippen LogP contribution in [0.15, 0.2) is 48.5 Å². The van der Waals surface area contributed by atoms with Gasteiger partial charge in [0.1, 0.15) is 5.60 Å². The molecular formula is C21H24O3. The number of hydrogen-bond donors (Lipinski definition) is 0. The molecule has 0 aromatic heterocycles. The summed E-state index contributed by atoms with van der Waals surface area (Å²) in [5, 5.41) is 0. The van der Waals surface area contributed by atoms with Crippen LogP contribution in [0.1, 0.15) is 50.0 Å². The molecule has 0 heterocycles. The number of ether oxygens (including phenoxy) is 1. The number of Topliss-reactive ketones (excluding diaryl/α,β-unsaturated/α-hetero) is 1. The van der Waals surface area contributed by atoms with Crippen LogP contribution in [-0.4, -0.2) is 17.4 Å². The van der Waals surface area contributed by atoms with Crippen molar-refractivity contribution in [2.24, 2.45) is 0 Å². The van der Waals surface area contributed by atoms with Gasteiger partial charge in [0.05, 0.1) is 0 Å². The van der Waals surface area contributed by atoms with Crippen molar-refractivity contribution in [2.45, 2.75) is 46.1 Å². The van der Waals surface area contributed by atoms with Gasteiger partial charge in [0.15, 0.2) is 0 Å². The molecule has 2 rings (SSSR count). The molecule has 0 saturated carbocycles. The average molecular weight is 324 g/mol. The molecule has 0 bridgehead atoms. The van der Waals surface area contributed by atoms with Gasteiger partial charge in [0, 0.05) is 5.56 Å². The maximum absolute atomic E-state index is 12.1. The van der Waals surface area contributed by atoms with Gasteiger partial charge in [-0.3, -0.25) is 4.79 Å². The third kappa shape index (κ3) is 4.79. The highest BCUT2D eigenvalue weighted by atomic mass is 16.6. The van der Waals surface area contributed by atoms with Gasteiger partial charge in [0.25, 0.3) is 5.78 Å². The fraction of sp³-hybridized carbons (Fsp3) is 0.333. The van der Waals surface area contributed by atoms with E-state index in [0.717, 1.165) is 24.0 Å².